The van der Waals surface area contributed by atoms with Crippen molar-refractivity contribution in [3.8, 4) is 0 Å². The second kappa shape index (κ2) is 6.16. The molecule has 0 aromatic carbocycles. The molecule has 1 unspecified atom stereocenters. The summed E-state index contributed by atoms with van der Waals surface area (Å²) >= 11 is 1.68. The number of fused-ring (bicyclic) bond motifs is 1. The number of nitrogens with one attached hydrogen (secondary N) is 2. The molecule has 1 atom stereocenters. The summed E-state index contributed by atoms with van der Waals surface area (Å²) in [7, 11) is 1.83. The van der Waals surface area contributed by atoms with Gasteiger partial charge in [-0.05, 0) is 26.8 Å². The fourth-order valence-corrected chi connectivity index (χ4v) is 2.75. The van der Waals surface area contributed by atoms with Gasteiger partial charge >= 0.3 is 0 Å². The normalized spacial score (nSPS) is 12.6. The number of hydrogen-bond acceptors (Lipinski definition) is 6. The Morgan fingerprint density at radius 2 is 2.21 bits per heavy atom. The smallest absolute Gasteiger partial charge is 0.225 e. The van der Waals surface area contributed by atoms with Crippen LogP contribution in [0.5, 0.6) is 0 Å². The summed E-state index contributed by atoms with van der Waals surface area (Å²) in [5.74, 6) is 1.51. The number of nitrogens with zero attached hydrogens (tertiary/aromatic N) is 2. The molecular formula is C13H20N4OS. The van der Waals surface area contributed by atoms with Gasteiger partial charge in [0, 0.05) is 25.1 Å². The standard InChI is InChI=1S/C13H20N4OS/c1-5-18-8(2)7-15-11-10-6-9(3)19-12(10)17-13(14-4)16-11/h6,8H,5,7H2,1-4H3,(H2,14,15,16,17). The molecule has 0 aliphatic carbocycles. The second-order valence-electron chi connectivity index (χ2n) is 4.37. The van der Waals surface area contributed by atoms with Crippen LogP contribution in [0.4, 0.5) is 11.8 Å². The summed E-state index contributed by atoms with van der Waals surface area (Å²) < 4.78 is 5.52. The van der Waals surface area contributed by atoms with Gasteiger partial charge in [-0.3, -0.25) is 0 Å². The highest BCUT2D eigenvalue weighted by molar-refractivity contribution is 7.18. The van der Waals surface area contributed by atoms with E-state index in [0.717, 1.165) is 29.2 Å². The maximum atomic E-state index is 5.52. The number of anilines is 2. The van der Waals surface area contributed by atoms with Crippen LogP contribution in [-0.4, -0.2) is 36.3 Å². The Kier molecular flexibility index (Phi) is 4.55. The lowest BCUT2D eigenvalue weighted by atomic mass is 10.3. The Balaban J connectivity index is 2.24. The number of aromatic nitrogens is 2. The predicted molar refractivity (Wildman–Crippen MR) is 81.3 cm³/mol. The molecule has 0 aliphatic rings. The Labute approximate surface area is 117 Å². The highest BCUT2D eigenvalue weighted by Gasteiger charge is 2.11. The van der Waals surface area contributed by atoms with Crippen LogP contribution in [0.15, 0.2) is 6.07 Å². The molecule has 0 saturated heterocycles. The topological polar surface area (TPSA) is 59.1 Å². The Morgan fingerprint density at radius 3 is 2.89 bits per heavy atom. The van der Waals surface area contributed by atoms with Crippen molar-refractivity contribution < 1.29 is 4.74 Å². The summed E-state index contributed by atoms with van der Waals surface area (Å²) in [5, 5.41) is 7.42. The SMILES string of the molecule is CCOC(C)CNc1nc(NC)nc2sc(C)cc12. The van der Waals surface area contributed by atoms with Crippen molar-refractivity contribution in [1.82, 2.24) is 9.97 Å². The van der Waals surface area contributed by atoms with Gasteiger partial charge < -0.3 is 15.4 Å². The van der Waals surface area contributed by atoms with Crippen LogP contribution in [0.2, 0.25) is 0 Å². The number of ether oxygens (including phenoxy) is 1. The largest absolute Gasteiger partial charge is 0.377 e. The van der Waals surface area contributed by atoms with Crippen LogP contribution in [0.25, 0.3) is 10.2 Å². The molecule has 2 N–H and O–H groups in total. The van der Waals surface area contributed by atoms with Gasteiger partial charge in [-0.2, -0.15) is 4.98 Å². The van der Waals surface area contributed by atoms with E-state index in [1.807, 2.05) is 20.9 Å². The highest BCUT2D eigenvalue weighted by Crippen LogP contribution is 2.29. The summed E-state index contributed by atoms with van der Waals surface area (Å²) in [6.07, 6.45) is 0.160. The summed E-state index contributed by atoms with van der Waals surface area (Å²) in [5.41, 5.74) is 0. The minimum atomic E-state index is 0.160. The Bertz CT molecular complexity index is 555. The van der Waals surface area contributed by atoms with Crippen molar-refractivity contribution in [2.45, 2.75) is 26.9 Å². The molecule has 0 radical (unpaired) electrons. The van der Waals surface area contributed by atoms with Gasteiger partial charge in [-0.15, -0.1) is 11.3 Å². The summed E-state index contributed by atoms with van der Waals surface area (Å²) in [6.45, 7) is 7.59. The molecule has 5 nitrogen and oxygen atoms in total. The molecule has 0 saturated carbocycles. The van der Waals surface area contributed by atoms with E-state index in [1.165, 1.54) is 4.88 Å². The number of aryl methyl sites for hydroxylation is 1. The van der Waals surface area contributed by atoms with Gasteiger partial charge in [0.05, 0.1) is 11.5 Å². The molecule has 0 bridgehead atoms. The summed E-state index contributed by atoms with van der Waals surface area (Å²) in [4.78, 5) is 11.2. The molecule has 2 heterocycles. The number of hydrogen-bond donors (Lipinski definition) is 2. The monoisotopic (exact) mass is 280 g/mol. The Morgan fingerprint density at radius 1 is 1.42 bits per heavy atom. The molecule has 2 aromatic heterocycles. The third-order valence-corrected chi connectivity index (χ3v) is 3.69. The minimum Gasteiger partial charge on any atom is -0.377 e. The van der Waals surface area contributed by atoms with Crippen molar-refractivity contribution in [3.05, 3.63) is 10.9 Å². The molecule has 19 heavy (non-hydrogen) atoms. The van der Waals surface area contributed by atoms with E-state index >= 15 is 0 Å². The first-order valence-electron chi connectivity index (χ1n) is 6.45. The van der Waals surface area contributed by atoms with Gasteiger partial charge in [0.15, 0.2) is 0 Å². The van der Waals surface area contributed by atoms with Gasteiger partial charge in [0.25, 0.3) is 0 Å². The molecular weight excluding hydrogens is 260 g/mol. The zero-order chi connectivity index (χ0) is 13.8. The quantitative estimate of drug-likeness (QED) is 0.852. The summed E-state index contributed by atoms with van der Waals surface area (Å²) in [6, 6.07) is 2.12. The molecule has 2 aromatic rings. The van der Waals surface area contributed by atoms with E-state index in [1.54, 1.807) is 11.3 Å². The molecule has 0 aliphatic heterocycles. The van der Waals surface area contributed by atoms with Crippen LogP contribution in [0.1, 0.15) is 18.7 Å². The predicted octanol–water partition coefficient (Wildman–Crippen LogP) is 2.88. The minimum absolute atomic E-state index is 0.160. The average Bonchev–Trinajstić information content (AvgIpc) is 2.76. The average molecular weight is 280 g/mol. The Hall–Kier alpha value is -1.40. The van der Waals surface area contributed by atoms with Crippen molar-refractivity contribution in [2.75, 3.05) is 30.8 Å². The van der Waals surface area contributed by atoms with Crippen molar-refractivity contribution >= 4 is 33.3 Å². The molecule has 0 spiro atoms. The maximum Gasteiger partial charge on any atom is 0.225 e. The van der Waals surface area contributed by atoms with Gasteiger partial charge in [0.2, 0.25) is 5.95 Å². The van der Waals surface area contributed by atoms with E-state index in [0.29, 0.717) is 5.95 Å². The van der Waals surface area contributed by atoms with E-state index < -0.39 is 0 Å². The van der Waals surface area contributed by atoms with Crippen LogP contribution < -0.4 is 10.6 Å². The van der Waals surface area contributed by atoms with Crippen molar-refractivity contribution in [1.29, 1.82) is 0 Å². The zero-order valence-corrected chi connectivity index (χ0v) is 12.6. The fraction of sp³-hybridized carbons (Fsp3) is 0.538. The van der Waals surface area contributed by atoms with Crippen LogP contribution in [0, 0.1) is 6.92 Å². The first kappa shape index (κ1) is 14.0. The van der Waals surface area contributed by atoms with E-state index in [9.17, 15) is 0 Å². The molecule has 0 amide bonds. The van der Waals surface area contributed by atoms with Crippen molar-refractivity contribution in [3.63, 3.8) is 0 Å². The number of thiophene rings is 1. The maximum absolute atomic E-state index is 5.52. The van der Waals surface area contributed by atoms with Gasteiger partial charge in [-0.25, -0.2) is 4.98 Å². The lowest BCUT2D eigenvalue weighted by Crippen LogP contribution is -2.20. The van der Waals surface area contributed by atoms with E-state index in [4.69, 9.17) is 4.74 Å². The highest BCUT2D eigenvalue weighted by atomic mass is 32.1. The van der Waals surface area contributed by atoms with Gasteiger partial charge in [0.1, 0.15) is 10.6 Å². The van der Waals surface area contributed by atoms with Gasteiger partial charge in [-0.1, -0.05) is 0 Å². The first-order valence-corrected chi connectivity index (χ1v) is 7.27. The van der Waals surface area contributed by atoms with Crippen LogP contribution in [0.3, 0.4) is 0 Å². The van der Waals surface area contributed by atoms with E-state index in [-0.39, 0.29) is 6.10 Å². The lowest BCUT2D eigenvalue weighted by molar-refractivity contribution is 0.0855. The third-order valence-electron chi connectivity index (χ3n) is 2.75. The lowest BCUT2D eigenvalue weighted by Gasteiger charge is -2.14. The first-order chi connectivity index (χ1) is 9.13. The van der Waals surface area contributed by atoms with Crippen LogP contribution >= 0.6 is 11.3 Å². The molecule has 0 fully saturated rings. The van der Waals surface area contributed by atoms with Crippen LogP contribution in [-0.2, 0) is 4.74 Å². The fourth-order valence-electron chi connectivity index (χ4n) is 1.87. The van der Waals surface area contributed by atoms with Crippen molar-refractivity contribution in [2.24, 2.45) is 0 Å². The third kappa shape index (κ3) is 3.33. The zero-order valence-electron chi connectivity index (χ0n) is 11.8. The molecule has 104 valence electrons. The second-order valence-corrected chi connectivity index (χ2v) is 5.60. The van der Waals surface area contributed by atoms with E-state index in [2.05, 4.69) is 33.6 Å². The number of rotatable bonds is 6. The molecule has 6 heteroatoms. The molecule has 2 rings (SSSR count).